The first kappa shape index (κ1) is 19.8. The molecule has 3 heteroatoms. The monoisotopic (exact) mass is 454 g/mol. The predicted octanol–water partition coefficient (Wildman–Crippen LogP) is 7.76. The summed E-state index contributed by atoms with van der Waals surface area (Å²) < 4.78 is 0. The first-order chi connectivity index (χ1) is 15.6. The van der Waals surface area contributed by atoms with Crippen LogP contribution in [0.5, 0.6) is 0 Å². The van der Waals surface area contributed by atoms with Crippen molar-refractivity contribution in [3.05, 3.63) is 116 Å². The van der Waals surface area contributed by atoms with Gasteiger partial charge in [0.2, 0.25) is 0 Å². The second kappa shape index (κ2) is 7.62. The van der Waals surface area contributed by atoms with E-state index in [-0.39, 0.29) is 5.78 Å². The third kappa shape index (κ3) is 3.28. The molecule has 0 heterocycles. The number of rotatable bonds is 2. The van der Waals surface area contributed by atoms with Crippen molar-refractivity contribution in [3.8, 4) is 22.3 Å². The van der Waals surface area contributed by atoms with Crippen LogP contribution < -0.4 is 0 Å². The Labute approximate surface area is 197 Å². The molecule has 2 aliphatic rings. The van der Waals surface area contributed by atoms with Gasteiger partial charge in [-0.25, -0.2) is 0 Å². The van der Waals surface area contributed by atoms with Crippen LogP contribution in [0, 0.1) is 0 Å². The smallest absolute Gasteiger partial charge is 0.193 e. The summed E-state index contributed by atoms with van der Waals surface area (Å²) in [6.45, 7) is 0. The lowest BCUT2D eigenvalue weighted by atomic mass is 9.83. The van der Waals surface area contributed by atoms with Crippen molar-refractivity contribution in [2.45, 2.75) is 25.7 Å². The summed E-state index contributed by atoms with van der Waals surface area (Å²) in [5.41, 5.74) is 11.4. The zero-order chi connectivity index (χ0) is 21.8. The van der Waals surface area contributed by atoms with E-state index in [1.807, 2.05) is 24.3 Å². The standard InChI is InChI=1S/C29H20Cl2O/c30-23-7-11-27-19(15-23)3-1-17-13-21(5-9-25(17)27)29(32)22-6-10-26-18(14-22)2-4-20-16-24(31)8-12-28(20)26/h5-16H,1-4H2. The molecule has 0 aliphatic heterocycles. The van der Waals surface area contributed by atoms with E-state index in [1.54, 1.807) is 0 Å². The van der Waals surface area contributed by atoms with E-state index in [9.17, 15) is 4.79 Å². The van der Waals surface area contributed by atoms with E-state index in [0.29, 0.717) is 0 Å². The molecule has 156 valence electrons. The number of hydrogen-bond donors (Lipinski definition) is 0. The highest BCUT2D eigenvalue weighted by molar-refractivity contribution is 6.31. The Morgan fingerprint density at radius 1 is 0.500 bits per heavy atom. The molecule has 0 amide bonds. The molecule has 0 unspecified atom stereocenters. The molecule has 6 rings (SSSR count). The van der Waals surface area contributed by atoms with Gasteiger partial charge in [0.25, 0.3) is 0 Å². The number of ketones is 1. The van der Waals surface area contributed by atoms with Crippen LogP contribution in [0.2, 0.25) is 10.0 Å². The first-order valence-corrected chi connectivity index (χ1v) is 11.7. The van der Waals surface area contributed by atoms with E-state index in [2.05, 4.69) is 48.5 Å². The van der Waals surface area contributed by atoms with E-state index >= 15 is 0 Å². The van der Waals surface area contributed by atoms with Crippen LogP contribution in [-0.2, 0) is 25.7 Å². The number of carbonyl (C=O) groups is 1. The summed E-state index contributed by atoms with van der Waals surface area (Å²) in [6, 6.07) is 24.4. The van der Waals surface area contributed by atoms with Gasteiger partial charge in [-0.3, -0.25) is 4.79 Å². The molecule has 0 bridgehead atoms. The lowest BCUT2D eigenvalue weighted by Gasteiger charge is -2.22. The normalized spacial score (nSPS) is 13.6. The topological polar surface area (TPSA) is 17.1 Å². The van der Waals surface area contributed by atoms with Gasteiger partial charge < -0.3 is 0 Å². The van der Waals surface area contributed by atoms with Crippen LogP contribution in [0.25, 0.3) is 22.3 Å². The Bertz CT molecular complexity index is 1310. The molecule has 0 saturated heterocycles. The third-order valence-corrected chi connectivity index (χ3v) is 7.25. The van der Waals surface area contributed by atoms with E-state index in [4.69, 9.17) is 23.2 Å². The van der Waals surface area contributed by atoms with Crippen LogP contribution in [0.3, 0.4) is 0 Å². The zero-order valence-corrected chi connectivity index (χ0v) is 18.9. The zero-order valence-electron chi connectivity index (χ0n) is 17.4. The van der Waals surface area contributed by atoms with Crippen molar-refractivity contribution >= 4 is 29.0 Å². The highest BCUT2D eigenvalue weighted by Gasteiger charge is 2.21. The van der Waals surface area contributed by atoms with Gasteiger partial charge in [-0.2, -0.15) is 0 Å². The number of fused-ring (bicyclic) bond motifs is 6. The molecule has 1 nitrogen and oxygen atoms in total. The summed E-state index contributed by atoms with van der Waals surface area (Å²) in [5, 5.41) is 1.55. The second-order valence-electron chi connectivity index (χ2n) is 8.68. The molecule has 0 fully saturated rings. The molecule has 4 aromatic carbocycles. The summed E-state index contributed by atoms with van der Waals surface area (Å²) in [4.78, 5) is 13.4. The van der Waals surface area contributed by atoms with E-state index < -0.39 is 0 Å². The van der Waals surface area contributed by atoms with Gasteiger partial charge in [-0.1, -0.05) is 59.6 Å². The second-order valence-corrected chi connectivity index (χ2v) is 9.55. The third-order valence-electron chi connectivity index (χ3n) is 6.78. The minimum Gasteiger partial charge on any atom is -0.289 e. The molecule has 0 atom stereocenters. The molecule has 0 aromatic heterocycles. The van der Waals surface area contributed by atoms with Gasteiger partial charge in [-0.05, 0) is 107 Å². The van der Waals surface area contributed by atoms with Crippen molar-refractivity contribution in [2.24, 2.45) is 0 Å². The fourth-order valence-electron chi connectivity index (χ4n) is 5.18. The largest absolute Gasteiger partial charge is 0.289 e. The van der Waals surface area contributed by atoms with Crippen LogP contribution in [-0.4, -0.2) is 5.78 Å². The minimum atomic E-state index is 0.0828. The van der Waals surface area contributed by atoms with Gasteiger partial charge >= 0.3 is 0 Å². The van der Waals surface area contributed by atoms with Gasteiger partial charge in [-0.15, -0.1) is 0 Å². The van der Waals surface area contributed by atoms with Crippen molar-refractivity contribution in [2.75, 3.05) is 0 Å². The molecular weight excluding hydrogens is 435 g/mol. The highest BCUT2D eigenvalue weighted by Crippen LogP contribution is 2.37. The Balaban J connectivity index is 1.35. The van der Waals surface area contributed by atoms with Crippen LogP contribution in [0.4, 0.5) is 0 Å². The number of halogens is 2. The predicted molar refractivity (Wildman–Crippen MR) is 132 cm³/mol. The van der Waals surface area contributed by atoms with Crippen molar-refractivity contribution < 1.29 is 4.79 Å². The lowest BCUT2D eigenvalue weighted by molar-refractivity contribution is 0.103. The Kier molecular flexibility index (Phi) is 4.71. The molecule has 0 N–H and O–H groups in total. The molecule has 4 aromatic rings. The number of aryl methyl sites for hydroxylation is 4. The number of carbonyl (C=O) groups excluding carboxylic acids is 1. The Morgan fingerprint density at radius 2 is 0.844 bits per heavy atom. The van der Waals surface area contributed by atoms with Crippen molar-refractivity contribution in [3.63, 3.8) is 0 Å². The van der Waals surface area contributed by atoms with E-state index in [0.717, 1.165) is 46.9 Å². The van der Waals surface area contributed by atoms with Crippen LogP contribution in [0.15, 0.2) is 72.8 Å². The first-order valence-electron chi connectivity index (χ1n) is 10.9. The van der Waals surface area contributed by atoms with Crippen molar-refractivity contribution in [1.82, 2.24) is 0 Å². The molecule has 0 radical (unpaired) electrons. The molecule has 2 aliphatic carbocycles. The van der Waals surface area contributed by atoms with Crippen LogP contribution in [0.1, 0.15) is 38.2 Å². The molecule has 0 spiro atoms. The summed E-state index contributed by atoms with van der Waals surface area (Å²) in [6.07, 6.45) is 3.74. The number of hydrogen-bond acceptors (Lipinski definition) is 1. The number of benzene rings is 4. The summed E-state index contributed by atoms with van der Waals surface area (Å²) >= 11 is 12.3. The maximum atomic E-state index is 13.4. The molecular formula is C29H20Cl2O. The minimum absolute atomic E-state index is 0.0828. The van der Waals surface area contributed by atoms with Gasteiger partial charge in [0.1, 0.15) is 0 Å². The fraction of sp³-hybridized carbons (Fsp3) is 0.138. The Hall–Kier alpha value is -2.87. The quantitative estimate of drug-likeness (QED) is 0.283. The summed E-state index contributed by atoms with van der Waals surface area (Å²) in [7, 11) is 0. The average Bonchev–Trinajstić information content (AvgIpc) is 2.82. The van der Waals surface area contributed by atoms with Gasteiger partial charge in [0, 0.05) is 21.2 Å². The molecule has 0 saturated carbocycles. The van der Waals surface area contributed by atoms with Crippen molar-refractivity contribution in [1.29, 1.82) is 0 Å². The van der Waals surface area contributed by atoms with Crippen LogP contribution >= 0.6 is 23.2 Å². The SMILES string of the molecule is O=C(c1ccc2c(c1)CCc1cc(Cl)ccc1-2)c1ccc2c(c1)CCc1cc(Cl)ccc1-2. The Morgan fingerprint density at radius 3 is 1.25 bits per heavy atom. The maximum Gasteiger partial charge on any atom is 0.193 e. The fourth-order valence-corrected chi connectivity index (χ4v) is 5.57. The maximum absolute atomic E-state index is 13.4. The van der Waals surface area contributed by atoms with Gasteiger partial charge in [0.05, 0.1) is 0 Å². The molecule has 32 heavy (non-hydrogen) atoms. The summed E-state index contributed by atoms with van der Waals surface area (Å²) in [5.74, 6) is 0.0828. The van der Waals surface area contributed by atoms with Gasteiger partial charge in [0.15, 0.2) is 5.78 Å². The highest BCUT2D eigenvalue weighted by atomic mass is 35.5. The average molecular weight is 455 g/mol. The lowest BCUT2D eigenvalue weighted by Crippen LogP contribution is -2.09. The van der Waals surface area contributed by atoms with E-state index in [1.165, 1.54) is 44.5 Å².